The van der Waals surface area contributed by atoms with Crippen molar-refractivity contribution >= 4 is 10.9 Å². The van der Waals surface area contributed by atoms with E-state index in [-0.39, 0.29) is 5.56 Å². The maximum atomic E-state index is 11.8. The van der Waals surface area contributed by atoms with Gasteiger partial charge >= 0.3 is 0 Å². The summed E-state index contributed by atoms with van der Waals surface area (Å²) in [6.07, 6.45) is 1.98. The monoisotopic (exact) mass is 219 g/mol. The van der Waals surface area contributed by atoms with E-state index in [0.717, 1.165) is 29.7 Å². The Kier molecular flexibility index (Phi) is 2.83. The third kappa shape index (κ3) is 2.02. The molecule has 2 aromatic heterocycles. The van der Waals surface area contributed by atoms with Gasteiger partial charge in [0.15, 0.2) is 0 Å². The van der Waals surface area contributed by atoms with E-state index >= 15 is 0 Å². The van der Waals surface area contributed by atoms with Gasteiger partial charge in [-0.15, -0.1) is 0 Å². The van der Waals surface area contributed by atoms with Gasteiger partial charge in [0.05, 0.1) is 0 Å². The number of likely N-dealkylation sites (N-methyl/N-ethyl adjacent to an activating group) is 1. The Bertz CT molecular complexity index is 551. The van der Waals surface area contributed by atoms with Gasteiger partial charge in [0.25, 0.3) is 5.56 Å². The Morgan fingerprint density at radius 1 is 1.44 bits per heavy atom. The Balaban J connectivity index is 2.44. The molecule has 16 heavy (non-hydrogen) atoms. The molecule has 0 aromatic carbocycles. The molecule has 4 nitrogen and oxygen atoms in total. The average Bonchev–Trinajstić information content (AvgIpc) is 2.57. The van der Waals surface area contributed by atoms with Crippen LogP contribution in [0, 0.1) is 6.92 Å². The summed E-state index contributed by atoms with van der Waals surface area (Å²) in [7, 11) is 4.06. The van der Waals surface area contributed by atoms with Crippen LogP contribution in [0.5, 0.6) is 0 Å². The van der Waals surface area contributed by atoms with Gasteiger partial charge in [-0.3, -0.25) is 4.79 Å². The number of hydrogen-bond donors (Lipinski definition) is 1. The van der Waals surface area contributed by atoms with Crippen LogP contribution < -0.4 is 5.56 Å². The molecular formula is C12H17N3O. The number of hydrogen-bond acceptors (Lipinski definition) is 2. The number of aromatic nitrogens is 2. The molecule has 0 aliphatic carbocycles. The van der Waals surface area contributed by atoms with Crippen LogP contribution in [0.3, 0.4) is 0 Å². The quantitative estimate of drug-likeness (QED) is 0.842. The average molecular weight is 219 g/mol. The lowest BCUT2D eigenvalue weighted by Crippen LogP contribution is -2.20. The van der Waals surface area contributed by atoms with E-state index in [1.165, 1.54) is 0 Å². The van der Waals surface area contributed by atoms with Crippen molar-refractivity contribution in [2.75, 3.05) is 20.6 Å². The molecule has 0 radical (unpaired) electrons. The number of aryl methyl sites for hydroxylation is 1. The van der Waals surface area contributed by atoms with Crippen molar-refractivity contribution in [3.05, 3.63) is 34.4 Å². The maximum absolute atomic E-state index is 11.8. The number of rotatable bonds is 3. The third-order valence-corrected chi connectivity index (χ3v) is 2.68. The first kappa shape index (κ1) is 11.0. The van der Waals surface area contributed by atoms with Crippen molar-refractivity contribution in [2.45, 2.75) is 13.5 Å². The summed E-state index contributed by atoms with van der Waals surface area (Å²) < 4.78 is 2.01. The van der Waals surface area contributed by atoms with Gasteiger partial charge in [0.2, 0.25) is 0 Å². The van der Waals surface area contributed by atoms with Crippen LogP contribution in [0.2, 0.25) is 0 Å². The van der Waals surface area contributed by atoms with E-state index in [0.29, 0.717) is 0 Å². The first-order chi connectivity index (χ1) is 7.58. The molecule has 0 spiro atoms. The molecule has 2 heterocycles. The molecule has 0 amide bonds. The van der Waals surface area contributed by atoms with E-state index in [1.807, 2.05) is 43.9 Å². The van der Waals surface area contributed by atoms with Crippen molar-refractivity contribution in [3.8, 4) is 0 Å². The Hall–Kier alpha value is -1.55. The number of nitrogens with one attached hydrogen (secondary N) is 1. The van der Waals surface area contributed by atoms with Crippen molar-refractivity contribution in [1.29, 1.82) is 0 Å². The Morgan fingerprint density at radius 3 is 2.88 bits per heavy atom. The summed E-state index contributed by atoms with van der Waals surface area (Å²) in [5, 5.41) is 1.01. The van der Waals surface area contributed by atoms with Crippen LogP contribution in [0.4, 0.5) is 0 Å². The van der Waals surface area contributed by atoms with Crippen molar-refractivity contribution in [1.82, 2.24) is 14.5 Å². The highest BCUT2D eigenvalue weighted by atomic mass is 16.1. The zero-order chi connectivity index (χ0) is 11.7. The van der Waals surface area contributed by atoms with Gasteiger partial charge in [-0.25, -0.2) is 0 Å². The van der Waals surface area contributed by atoms with Crippen LogP contribution in [0.25, 0.3) is 10.9 Å². The summed E-state index contributed by atoms with van der Waals surface area (Å²) in [4.78, 5) is 16.8. The molecule has 0 fully saturated rings. The summed E-state index contributed by atoms with van der Waals surface area (Å²) >= 11 is 0. The van der Waals surface area contributed by atoms with Crippen LogP contribution in [0.15, 0.2) is 23.1 Å². The predicted octanol–water partition coefficient (Wildman–Crippen LogP) is 1.20. The number of nitrogens with zero attached hydrogens (tertiary/aromatic N) is 2. The second kappa shape index (κ2) is 4.14. The first-order valence-electron chi connectivity index (χ1n) is 5.41. The summed E-state index contributed by atoms with van der Waals surface area (Å²) in [5.41, 5.74) is 1.68. The van der Waals surface area contributed by atoms with Crippen molar-refractivity contribution < 1.29 is 0 Å². The third-order valence-electron chi connectivity index (χ3n) is 2.68. The lowest BCUT2D eigenvalue weighted by atomic mass is 10.3. The molecule has 1 N–H and O–H groups in total. The number of fused-ring (bicyclic) bond motifs is 1. The van der Waals surface area contributed by atoms with Crippen LogP contribution in [-0.4, -0.2) is 35.1 Å². The zero-order valence-corrected chi connectivity index (χ0v) is 9.95. The molecule has 0 unspecified atom stereocenters. The van der Waals surface area contributed by atoms with E-state index < -0.39 is 0 Å². The minimum atomic E-state index is -0.00115. The Morgan fingerprint density at radius 2 is 2.19 bits per heavy atom. The topological polar surface area (TPSA) is 41.0 Å². The number of H-pyrrole nitrogens is 1. The Labute approximate surface area is 94.5 Å². The van der Waals surface area contributed by atoms with E-state index in [1.54, 1.807) is 0 Å². The van der Waals surface area contributed by atoms with Crippen LogP contribution in [0.1, 0.15) is 5.69 Å². The lowest BCUT2D eigenvalue weighted by molar-refractivity contribution is 0.387. The van der Waals surface area contributed by atoms with E-state index in [2.05, 4.69) is 9.88 Å². The SMILES string of the molecule is Cc1cc2ccn(CCN(C)C)c2c(=O)[nH]1. The molecule has 4 heteroatoms. The second-order valence-electron chi connectivity index (χ2n) is 4.40. The normalized spacial score (nSPS) is 11.5. The van der Waals surface area contributed by atoms with Gasteiger partial charge in [-0.1, -0.05) is 0 Å². The van der Waals surface area contributed by atoms with E-state index in [4.69, 9.17) is 0 Å². The summed E-state index contributed by atoms with van der Waals surface area (Å²) in [6.45, 7) is 3.66. The lowest BCUT2D eigenvalue weighted by Gasteiger charge is -2.10. The van der Waals surface area contributed by atoms with Gasteiger partial charge < -0.3 is 14.5 Å². The molecule has 86 valence electrons. The molecule has 2 aromatic rings. The highest BCUT2D eigenvalue weighted by Crippen LogP contribution is 2.11. The number of pyridine rings is 1. The molecule has 0 bridgehead atoms. The fourth-order valence-corrected chi connectivity index (χ4v) is 1.87. The van der Waals surface area contributed by atoms with Gasteiger partial charge in [0.1, 0.15) is 5.52 Å². The zero-order valence-electron chi connectivity index (χ0n) is 9.95. The van der Waals surface area contributed by atoms with Gasteiger partial charge in [-0.2, -0.15) is 0 Å². The molecule has 0 saturated carbocycles. The molecule has 0 aliphatic rings. The second-order valence-corrected chi connectivity index (χ2v) is 4.40. The highest BCUT2D eigenvalue weighted by molar-refractivity contribution is 5.79. The highest BCUT2D eigenvalue weighted by Gasteiger charge is 2.05. The molecular weight excluding hydrogens is 202 g/mol. The minimum Gasteiger partial charge on any atom is -0.342 e. The van der Waals surface area contributed by atoms with Crippen molar-refractivity contribution in [3.63, 3.8) is 0 Å². The predicted molar refractivity (Wildman–Crippen MR) is 65.8 cm³/mol. The van der Waals surface area contributed by atoms with Crippen LogP contribution in [-0.2, 0) is 6.54 Å². The summed E-state index contributed by atoms with van der Waals surface area (Å²) in [5.74, 6) is 0. The fourth-order valence-electron chi connectivity index (χ4n) is 1.87. The van der Waals surface area contributed by atoms with E-state index in [9.17, 15) is 4.79 Å². The number of aromatic amines is 1. The largest absolute Gasteiger partial charge is 0.342 e. The first-order valence-corrected chi connectivity index (χ1v) is 5.41. The molecule has 0 atom stereocenters. The smallest absolute Gasteiger partial charge is 0.272 e. The van der Waals surface area contributed by atoms with Gasteiger partial charge in [-0.05, 0) is 33.2 Å². The van der Waals surface area contributed by atoms with Gasteiger partial charge in [0, 0.05) is 30.4 Å². The standard InChI is InChI=1S/C12H17N3O/c1-9-8-10-4-5-15(7-6-14(2)3)11(10)12(16)13-9/h4-5,8H,6-7H2,1-3H3,(H,13,16). The molecule has 0 saturated heterocycles. The summed E-state index contributed by atoms with van der Waals surface area (Å²) in [6, 6.07) is 4.00. The molecule has 0 aliphatic heterocycles. The fraction of sp³-hybridized carbons (Fsp3) is 0.417. The maximum Gasteiger partial charge on any atom is 0.272 e. The van der Waals surface area contributed by atoms with Crippen LogP contribution >= 0.6 is 0 Å². The van der Waals surface area contributed by atoms with Crippen molar-refractivity contribution in [2.24, 2.45) is 0 Å². The minimum absolute atomic E-state index is 0.00115. The molecule has 2 rings (SSSR count).